The number of amidine groups is 1. The van der Waals surface area contributed by atoms with Crippen LogP contribution in [0.15, 0.2) is 23.2 Å². The van der Waals surface area contributed by atoms with Gasteiger partial charge in [-0.05, 0) is 67.6 Å². The van der Waals surface area contributed by atoms with Gasteiger partial charge in [0.25, 0.3) is 0 Å². The summed E-state index contributed by atoms with van der Waals surface area (Å²) in [6, 6.07) is 6.70. The highest BCUT2D eigenvalue weighted by molar-refractivity contribution is 8.13. The fraction of sp³-hybridized carbons (Fsp3) is 0.724. The van der Waals surface area contributed by atoms with Crippen molar-refractivity contribution < 1.29 is 19.0 Å². The van der Waals surface area contributed by atoms with Gasteiger partial charge in [-0.1, -0.05) is 43.8 Å². The van der Waals surface area contributed by atoms with Gasteiger partial charge in [-0.2, -0.15) is 0 Å². The molecule has 4 rings (SSSR count). The minimum atomic E-state index is -0.570. The average molecular weight is 517 g/mol. The molecule has 7 heteroatoms. The third-order valence-corrected chi connectivity index (χ3v) is 9.58. The zero-order valence-corrected chi connectivity index (χ0v) is 23.6. The molecular weight excluding hydrogens is 472 g/mol. The average Bonchev–Trinajstić information content (AvgIpc) is 3.34. The van der Waals surface area contributed by atoms with Gasteiger partial charge in [0.1, 0.15) is 17.9 Å². The second-order valence-corrected chi connectivity index (χ2v) is 12.1. The molecular formula is C29H44N2O4S. The van der Waals surface area contributed by atoms with E-state index in [1.165, 1.54) is 23.0 Å². The Balaban J connectivity index is 1.83. The van der Waals surface area contributed by atoms with E-state index >= 15 is 0 Å². The number of carbonyl (C=O) groups excluding carboxylic acids is 1. The third kappa shape index (κ3) is 5.01. The molecule has 1 saturated carbocycles. The van der Waals surface area contributed by atoms with E-state index in [4.69, 9.17) is 19.2 Å². The molecule has 1 aromatic carbocycles. The molecule has 6 nitrogen and oxygen atoms in total. The van der Waals surface area contributed by atoms with Gasteiger partial charge in [-0.15, -0.1) is 0 Å². The van der Waals surface area contributed by atoms with Crippen molar-refractivity contribution >= 4 is 23.2 Å². The quantitative estimate of drug-likeness (QED) is 0.309. The van der Waals surface area contributed by atoms with E-state index in [1.54, 1.807) is 26.0 Å². The van der Waals surface area contributed by atoms with Crippen LogP contribution in [0, 0.1) is 11.3 Å². The van der Waals surface area contributed by atoms with E-state index < -0.39 is 5.54 Å². The van der Waals surface area contributed by atoms with Crippen molar-refractivity contribution in [3.8, 4) is 0 Å². The molecule has 0 aromatic heterocycles. The van der Waals surface area contributed by atoms with Crippen LogP contribution in [-0.4, -0.2) is 75.3 Å². The number of hydrogen-bond acceptors (Lipinski definition) is 7. The Bertz CT molecular complexity index is 928. The summed E-state index contributed by atoms with van der Waals surface area (Å²) in [5.74, 6) is 1.46. The number of aryl methyl sites for hydroxylation is 1. The van der Waals surface area contributed by atoms with E-state index in [9.17, 15) is 4.79 Å². The van der Waals surface area contributed by atoms with Gasteiger partial charge in [0, 0.05) is 39.0 Å². The van der Waals surface area contributed by atoms with Crippen molar-refractivity contribution in [2.45, 2.75) is 76.5 Å². The summed E-state index contributed by atoms with van der Waals surface area (Å²) < 4.78 is 16.6. The van der Waals surface area contributed by atoms with Crippen molar-refractivity contribution in [2.24, 2.45) is 16.3 Å². The molecule has 36 heavy (non-hydrogen) atoms. The highest BCUT2D eigenvalue weighted by Gasteiger charge is 2.66. The number of methoxy groups -OCH3 is 3. The first kappa shape index (κ1) is 27.6. The molecule has 1 heterocycles. The predicted octanol–water partition coefficient (Wildman–Crippen LogP) is 4.87. The van der Waals surface area contributed by atoms with E-state index in [0.717, 1.165) is 55.9 Å². The molecule has 1 aromatic rings. The lowest BCUT2D eigenvalue weighted by molar-refractivity contribution is -0.116. The molecule has 0 N–H and O–H groups in total. The fourth-order valence-electron chi connectivity index (χ4n) is 6.67. The zero-order valence-electron chi connectivity index (χ0n) is 22.8. The number of aldehydes is 1. The molecule has 2 unspecified atom stereocenters. The summed E-state index contributed by atoms with van der Waals surface area (Å²) in [7, 11) is 5.27. The largest absolute Gasteiger partial charge is 0.384 e. The van der Waals surface area contributed by atoms with Gasteiger partial charge in [0.15, 0.2) is 5.17 Å². The molecule has 1 aliphatic heterocycles. The number of hydrogen-bond donors (Lipinski definition) is 0. The molecule has 0 saturated heterocycles. The van der Waals surface area contributed by atoms with Gasteiger partial charge in [-0.25, -0.2) is 4.99 Å². The maximum absolute atomic E-state index is 13.1. The maximum Gasteiger partial charge on any atom is 0.161 e. The second-order valence-electron chi connectivity index (χ2n) is 11.1. The number of ether oxygens (including phenoxy) is 3. The SMILES string of the molecule is COCCSC1=NC2(c3cc(CCC(C)C)ccc3CC23CCC(OC)CC3)C(C=O)N1CCOC. The van der Waals surface area contributed by atoms with Crippen LogP contribution in [0.5, 0.6) is 0 Å². The first-order valence-electron chi connectivity index (χ1n) is 13.5. The van der Waals surface area contributed by atoms with Crippen LogP contribution in [0.2, 0.25) is 0 Å². The fourth-order valence-corrected chi connectivity index (χ4v) is 7.68. The number of nitrogens with zero attached hydrogens (tertiary/aromatic N) is 2. The molecule has 2 atom stereocenters. The number of benzene rings is 1. The number of fused-ring (bicyclic) bond motifs is 3. The first-order chi connectivity index (χ1) is 17.4. The van der Waals surface area contributed by atoms with Crippen molar-refractivity contribution in [3.63, 3.8) is 0 Å². The summed E-state index contributed by atoms with van der Waals surface area (Å²) in [6.07, 6.45) is 8.71. The minimum Gasteiger partial charge on any atom is -0.384 e. The Morgan fingerprint density at radius 1 is 1.17 bits per heavy atom. The van der Waals surface area contributed by atoms with Crippen molar-refractivity contribution in [3.05, 3.63) is 34.9 Å². The Kier molecular flexibility index (Phi) is 9.18. The molecule has 2 aliphatic carbocycles. The summed E-state index contributed by atoms with van der Waals surface area (Å²) in [5, 5.41) is 0.954. The zero-order chi connectivity index (χ0) is 25.8. The topological polar surface area (TPSA) is 60.4 Å². The lowest BCUT2D eigenvalue weighted by Crippen LogP contribution is -2.55. The van der Waals surface area contributed by atoms with Crippen molar-refractivity contribution in [1.29, 1.82) is 0 Å². The highest BCUT2D eigenvalue weighted by atomic mass is 32.2. The van der Waals surface area contributed by atoms with Gasteiger partial charge in [0.2, 0.25) is 0 Å². The van der Waals surface area contributed by atoms with Crippen molar-refractivity contribution in [1.82, 2.24) is 4.90 Å². The normalized spacial score (nSPS) is 29.4. The Hall–Kier alpha value is -1.41. The van der Waals surface area contributed by atoms with Gasteiger partial charge in [-0.3, -0.25) is 0 Å². The third-order valence-electron chi connectivity index (χ3n) is 8.62. The molecule has 2 spiro atoms. The van der Waals surface area contributed by atoms with Crippen molar-refractivity contribution in [2.75, 3.05) is 46.8 Å². The lowest BCUT2D eigenvalue weighted by atomic mass is 9.59. The molecule has 0 amide bonds. The van der Waals surface area contributed by atoms with Gasteiger partial charge < -0.3 is 23.9 Å². The number of thioether (sulfide) groups is 1. The van der Waals surface area contributed by atoms with Crippen LogP contribution in [0.1, 0.15) is 62.6 Å². The molecule has 3 aliphatic rings. The molecule has 0 bridgehead atoms. The summed E-state index contributed by atoms with van der Waals surface area (Å²) >= 11 is 1.70. The number of aliphatic imine (C=N–C) groups is 1. The van der Waals surface area contributed by atoms with Crippen LogP contribution in [-0.2, 0) is 37.4 Å². The van der Waals surface area contributed by atoms with Crippen LogP contribution in [0.4, 0.5) is 0 Å². The Labute approximate surface area is 221 Å². The molecule has 0 radical (unpaired) electrons. The van der Waals surface area contributed by atoms with E-state index in [2.05, 4.69) is 36.9 Å². The van der Waals surface area contributed by atoms with Gasteiger partial charge >= 0.3 is 0 Å². The lowest BCUT2D eigenvalue weighted by Gasteiger charge is -2.49. The van der Waals surface area contributed by atoms with E-state index in [0.29, 0.717) is 25.7 Å². The number of carbonyl (C=O) groups is 1. The van der Waals surface area contributed by atoms with Crippen LogP contribution >= 0.6 is 11.8 Å². The van der Waals surface area contributed by atoms with Crippen LogP contribution in [0.3, 0.4) is 0 Å². The Morgan fingerprint density at radius 3 is 2.56 bits per heavy atom. The summed E-state index contributed by atoms with van der Waals surface area (Å²) in [5.41, 5.74) is 3.35. The molecule has 200 valence electrons. The standard InChI is InChI=1S/C29H44N2O4S/c1-21(2)6-7-22-8-9-23-19-28(12-10-24(35-5)11-13-28)29(25(23)18-22)26(20-32)31(14-15-33-3)27(30-29)36-17-16-34-4/h8-9,18,20-21,24,26H,6-7,10-17,19H2,1-5H3. The summed E-state index contributed by atoms with van der Waals surface area (Å²) in [4.78, 5) is 20.9. The predicted molar refractivity (Wildman–Crippen MR) is 147 cm³/mol. The maximum atomic E-state index is 13.1. The van der Waals surface area contributed by atoms with Crippen LogP contribution < -0.4 is 0 Å². The van der Waals surface area contributed by atoms with E-state index in [1.807, 2.05) is 7.11 Å². The highest BCUT2D eigenvalue weighted by Crippen LogP contribution is 2.64. The number of rotatable bonds is 11. The summed E-state index contributed by atoms with van der Waals surface area (Å²) in [6.45, 7) is 6.42. The molecule has 1 fully saturated rings. The van der Waals surface area contributed by atoms with Crippen LogP contribution in [0.25, 0.3) is 0 Å². The van der Waals surface area contributed by atoms with E-state index in [-0.39, 0.29) is 17.6 Å². The monoisotopic (exact) mass is 516 g/mol. The Morgan fingerprint density at radius 2 is 1.92 bits per heavy atom. The smallest absolute Gasteiger partial charge is 0.161 e. The van der Waals surface area contributed by atoms with Gasteiger partial charge in [0.05, 0.1) is 19.3 Å². The minimum absolute atomic E-state index is 0.0818. The first-order valence-corrected chi connectivity index (χ1v) is 14.5. The second kappa shape index (κ2) is 12.0.